The van der Waals surface area contributed by atoms with E-state index in [9.17, 15) is 14.0 Å². The van der Waals surface area contributed by atoms with Crippen LogP contribution in [0.3, 0.4) is 0 Å². The van der Waals surface area contributed by atoms with Crippen LogP contribution in [0.1, 0.15) is 36.2 Å². The highest BCUT2D eigenvalue weighted by Crippen LogP contribution is 2.26. The zero-order valence-electron chi connectivity index (χ0n) is 18.2. The van der Waals surface area contributed by atoms with Crippen LogP contribution in [-0.4, -0.2) is 50.6 Å². The third-order valence-electron chi connectivity index (χ3n) is 4.94. The van der Waals surface area contributed by atoms with E-state index in [-0.39, 0.29) is 30.3 Å². The summed E-state index contributed by atoms with van der Waals surface area (Å²) in [6, 6.07) is 11.2. The molecule has 7 heteroatoms. The zero-order valence-corrected chi connectivity index (χ0v) is 18.2. The number of nitrogens with zero attached hydrogens (tertiary/aromatic N) is 2. The lowest BCUT2D eigenvalue weighted by Crippen LogP contribution is -2.38. The molecular formula is C23H30FN3O3. The molecule has 0 spiro atoms. The number of ether oxygens (including phenoxy) is 1. The fourth-order valence-corrected chi connectivity index (χ4v) is 3.14. The predicted octanol–water partition coefficient (Wildman–Crippen LogP) is 3.92. The van der Waals surface area contributed by atoms with Gasteiger partial charge in [-0.3, -0.25) is 9.59 Å². The standard InChI is InChI=1S/C23H30FN3O3/c1-6-16(2)27(23(29)17-7-9-19(24)10-8-17)14-18-13-20(25-22(28)15-30-5)11-12-21(18)26(3)4/h7-13,16H,6,14-15H2,1-5H3,(H,25,28). The molecule has 6 nitrogen and oxygen atoms in total. The molecule has 2 amide bonds. The summed E-state index contributed by atoms with van der Waals surface area (Å²) < 4.78 is 18.2. The van der Waals surface area contributed by atoms with E-state index in [1.54, 1.807) is 4.90 Å². The molecule has 0 aliphatic carbocycles. The second-order valence-electron chi connectivity index (χ2n) is 7.42. The van der Waals surface area contributed by atoms with Gasteiger partial charge in [-0.15, -0.1) is 0 Å². The number of amides is 2. The molecule has 0 aliphatic rings. The van der Waals surface area contributed by atoms with Crippen molar-refractivity contribution < 1.29 is 18.7 Å². The molecule has 0 aliphatic heterocycles. The summed E-state index contributed by atoms with van der Waals surface area (Å²) in [5.41, 5.74) is 2.91. The number of carbonyl (C=O) groups excluding carboxylic acids is 2. The Morgan fingerprint density at radius 1 is 1.13 bits per heavy atom. The van der Waals surface area contributed by atoms with Crippen molar-refractivity contribution >= 4 is 23.2 Å². The van der Waals surface area contributed by atoms with Crippen LogP contribution in [0.4, 0.5) is 15.8 Å². The van der Waals surface area contributed by atoms with Crippen LogP contribution in [-0.2, 0) is 16.1 Å². The van der Waals surface area contributed by atoms with Gasteiger partial charge in [0.05, 0.1) is 0 Å². The number of hydrogen-bond donors (Lipinski definition) is 1. The Morgan fingerprint density at radius 3 is 2.37 bits per heavy atom. The molecule has 1 unspecified atom stereocenters. The number of halogens is 1. The van der Waals surface area contributed by atoms with Crippen LogP contribution in [0.25, 0.3) is 0 Å². The van der Waals surface area contributed by atoms with Crippen LogP contribution < -0.4 is 10.2 Å². The van der Waals surface area contributed by atoms with Gasteiger partial charge in [0.2, 0.25) is 5.91 Å². The molecule has 2 aromatic carbocycles. The predicted molar refractivity (Wildman–Crippen MR) is 117 cm³/mol. The molecule has 0 fully saturated rings. The Morgan fingerprint density at radius 2 is 1.80 bits per heavy atom. The van der Waals surface area contributed by atoms with Crippen LogP contribution in [0.2, 0.25) is 0 Å². The highest BCUT2D eigenvalue weighted by atomic mass is 19.1. The minimum absolute atomic E-state index is 0.0238. The first kappa shape index (κ1) is 23.3. The topological polar surface area (TPSA) is 61.9 Å². The van der Waals surface area contributed by atoms with Crippen LogP contribution >= 0.6 is 0 Å². The third kappa shape index (κ3) is 6.03. The highest BCUT2D eigenvalue weighted by Gasteiger charge is 2.22. The average molecular weight is 416 g/mol. The molecule has 0 bridgehead atoms. The van der Waals surface area contributed by atoms with Gasteiger partial charge in [-0.25, -0.2) is 4.39 Å². The maximum Gasteiger partial charge on any atom is 0.254 e. The quantitative estimate of drug-likeness (QED) is 0.674. The summed E-state index contributed by atoms with van der Waals surface area (Å²) in [4.78, 5) is 28.8. The van der Waals surface area contributed by atoms with Gasteiger partial charge in [0, 0.05) is 50.7 Å². The highest BCUT2D eigenvalue weighted by molar-refractivity contribution is 5.94. The number of anilines is 2. The minimum atomic E-state index is -0.379. The van der Waals surface area contributed by atoms with Gasteiger partial charge in [-0.1, -0.05) is 6.92 Å². The number of benzene rings is 2. The molecule has 30 heavy (non-hydrogen) atoms. The second-order valence-corrected chi connectivity index (χ2v) is 7.42. The van der Waals surface area contributed by atoms with Gasteiger partial charge < -0.3 is 19.9 Å². The van der Waals surface area contributed by atoms with Crippen molar-refractivity contribution in [2.24, 2.45) is 0 Å². The largest absolute Gasteiger partial charge is 0.377 e. The Kier molecular flexibility index (Phi) is 8.35. The van der Waals surface area contributed by atoms with Gasteiger partial charge in [-0.05, 0) is 61.4 Å². The van der Waals surface area contributed by atoms with E-state index in [4.69, 9.17) is 4.74 Å². The lowest BCUT2D eigenvalue weighted by Gasteiger charge is -2.31. The summed E-state index contributed by atoms with van der Waals surface area (Å²) >= 11 is 0. The van der Waals surface area contributed by atoms with E-state index in [2.05, 4.69) is 5.32 Å². The summed E-state index contributed by atoms with van der Waals surface area (Å²) in [5, 5.41) is 2.81. The molecule has 0 saturated heterocycles. The average Bonchev–Trinajstić information content (AvgIpc) is 2.71. The number of nitrogens with one attached hydrogen (secondary N) is 1. The van der Waals surface area contributed by atoms with Gasteiger partial charge in [0.25, 0.3) is 5.91 Å². The molecular weight excluding hydrogens is 385 g/mol. The maximum atomic E-state index is 13.3. The summed E-state index contributed by atoms with van der Waals surface area (Å²) in [7, 11) is 5.32. The lowest BCUT2D eigenvalue weighted by molar-refractivity contribution is -0.119. The van der Waals surface area contributed by atoms with E-state index < -0.39 is 0 Å². The van der Waals surface area contributed by atoms with Crippen LogP contribution in [0, 0.1) is 5.82 Å². The van der Waals surface area contributed by atoms with Crippen LogP contribution in [0.5, 0.6) is 0 Å². The third-order valence-corrected chi connectivity index (χ3v) is 4.94. The van der Waals surface area contributed by atoms with Gasteiger partial charge in [0.1, 0.15) is 12.4 Å². The number of carbonyl (C=O) groups is 2. The summed E-state index contributed by atoms with van der Waals surface area (Å²) in [5.74, 6) is -0.791. The zero-order chi connectivity index (χ0) is 22.3. The molecule has 2 rings (SSSR count). The minimum Gasteiger partial charge on any atom is -0.377 e. The Labute approximate surface area is 177 Å². The molecule has 0 radical (unpaired) electrons. The van der Waals surface area contributed by atoms with Crippen molar-refractivity contribution in [1.82, 2.24) is 4.90 Å². The van der Waals surface area contributed by atoms with Crippen molar-refractivity contribution in [3.63, 3.8) is 0 Å². The van der Waals surface area contributed by atoms with Gasteiger partial charge in [-0.2, -0.15) is 0 Å². The Hall–Kier alpha value is -2.93. The molecule has 0 saturated carbocycles. The smallest absolute Gasteiger partial charge is 0.254 e. The number of hydrogen-bond acceptors (Lipinski definition) is 4. The van der Waals surface area contributed by atoms with E-state index in [0.29, 0.717) is 17.8 Å². The Balaban J connectivity index is 2.38. The summed E-state index contributed by atoms with van der Waals surface area (Å²) in [6.07, 6.45) is 0.772. The van der Waals surface area contributed by atoms with Crippen LogP contribution in [0.15, 0.2) is 42.5 Å². The van der Waals surface area contributed by atoms with Gasteiger partial charge in [0.15, 0.2) is 0 Å². The lowest BCUT2D eigenvalue weighted by atomic mass is 10.1. The number of rotatable bonds is 9. The monoisotopic (exact) mass is 415 g/mol. The summed E-state index contributed by atoms with van der Waals surface area (Å²) in [6.45, 7) is 4.32. The molecule has 1 atom stereocenters. The molecule has 0 aromatic heterocycles. The molecule has 0 heterocycles. The fourth-order valence-electron chi connectivity index (χ4n) is 3.14. The van der Waals surface area contributed by atoms with Gasteiger partial charge >= 0.3 is 0 Å². The van der Waals surface area contributed by atoms with Crippen molar-refractivity contribution in [2.75, 3.05) is 38.0 Å². The van der Waals surface area contributed by atoms with Crippen molar-refractivity contribution in [3.05, 3.63) is 59.4 Å². The molecule has 162 valence electrons. The molecule has 2 aromatic rings. The Bertz CT molecular complexity index is 868. The van der Waals surface area contributed by atoms with E-state index in [0.717, 1.165) is 17.7 Å². The van der Waals surface area contributed by atoms with E-state index in [1.807, 2.05) is 51.0 Å². The van der Waals surface area contributed by atoms with Crippen molar-refractivity contribution in [2.45, 2.75) is 32.9 Å². The van der Waals surface area contributed by atoms with Crippen molar-refractivity contribution in [3.8, 4) is 0 Å². The van der Waals surface area contributed by atoms with E-state index >= 15 is 0 Å². The first-order valence-corrected chi connectivity index (χ1v) is 9.92. The second kappa shape index (κ2) is 10.7. The molecule has 1 N–H and O–H groups in total. The normalized spacial score (nSPS) is 11.7. The first-order valence-electron chi connectivity index (χ1n) is 9.92. The maximum absolute atomic E-state index is 13.3. The van der Waals surface area contributed by atoms with E-state index in [1.165, 1.54) is 31.4 Å². The van der Waals surface area contributed by atoms with Crippen molar-refractivity contribution in [1.29, 1.82) is 0 Å². The SMILES string of the molecule is CCC(C)N(Cc1cc(NC(=O)COC)ccc1N(C)C)C(=O)c1ccc(F)cc1. The first-order chi connectivity index (χ1) is 14.3. The fraction of sp³-hybridized carbons (Fsp3) is 0.391. The number of methoxy groups -OCH3 is 1.